The highest BCUT2D eigenvalue weighted by molar-refractivity contribution is 7.89. The number of benzene rings is 3. The zero-order chi connectivity index (χ0) is 26.3. The molecule has 0 saturated heterocycles. The van der Waals surface area contributed by atoms with Crippen molar-refractivity contribution in [2.45, 2.75) is 17.9 Å². The van der Waals surface area contributed by atoms with Crippen molar-refractivity contribution in [3.63, 3.8) is 0 Å². The molecule has 1 atom stereocenters. The van der Waals surface area contributed by atoms with Crippen LogP contribution >= 0.6 is 0 Å². The van der Waals surface area contributed by atoms with Gasteiger partial charge in [0.1, 0.15) is 0 Å². The van der Waals surface area contributed by atoms with Crippen LogP contribution in [-0.2, 0) is 14.8 Å². The molecule has 0 unspecified atom stereocenters. The van der Waals surface area contributed by atoms with Gasteiger partial charge in [-0.2, -0.15) is 4.31 Å². The fraction of sp³-hybridized carbons (Fsp3) is 0.231. The SMILES string of the molecule is COc1ccc(S(=O)(=O)N(C)CC(=O)Nc2ccccc2C(=O)N[C@@H](C)c2ccccc2)cc1OC. The molecule has 9 nitrogen and oxygen atoms in total. The van der Waals surface area contributed by atoms with E-state index in [0.717, 1.165) is 9.87 Å². The Balaban J connectivity index is 1.71. The Morgan fingerprint density at radius 1 is 0.917 bits per heavy atom. The Labute approximate surface area is 211 Å². The molecule has 36 heavy (non-hydrogen) atoms. The van der Waals surface area contributed by atoms with Crippen molar-refractivity contribution in [1.82, 2.24) is 9.62 Å². The molecule has 2 N–H and O–H groups in total. The molecular formula is C26H29N3O6S. The average molecular weight is 512 g/mol. The predicted molar refractivity (Wildman–Crippen MR) is 137 cm³/mol. The quantitative estimate of drug-likeness (QED) is 0.431. The molecule has 3 rings (SSSR count). The largest absolute Gasteiger partial charge is 0.493 e. The van der Waals surface area contributed by atoms with Crippen LogP contribution in [-0.4, -0.2) is 52.3 Å². The van der Waals surface area contributed by atoms with Crippen LogP contribution in [0.4, 0.5) is 5.69 Å². The summed E-state index contributed by atoms with van der Waals surface area (Å²) in [6.07, 6.45) is 0. The fourth-order valence-electron chi connectivity index (χ4n) is 3.52. The van der Waals surface area contributed by atoms with E-state index < -0.39 is 22.5 Å². The van der Waals surface area contributed by atoms with E-state index in [-0.39, 0.29) is 33.8 Å². The molecule has 0 aliphatic heterocycles. The summed E-state index contributed by atoms with van der Waals surface area (Å²) >= 11 is 0. The van der Waals surface area contributed by atoms with Crippen molar-refractivity contribution in [3.05, 3.63) is 83.9 Å². The van der Waals surface area contributed by atoms with Gasteiger partial charge in [-0.25, -0.2) is 8.42 Å². The molecule has 0 spiro atoms. The Morgan fingerprint density at radius 3 is 2.22 bits per heavy atom. The smallest absolute Gasteiger partial charge is 0.253 e. The van der Waals surface area contributed by atoms with Gasteiger partial charge in [0.15, 0.2) is 11.5 Å². The number of sulfonamides is 1. The number of nitrogens with zero attached hydrogens (tertiary/aromatic N) is 1. The molecule has 0 radical (unpaired) electrons. The van der Waals surface area contributed by atoms with E-state index in [4.69, 9.17) is 9.47 Å². The number of rotatable bonds is 10. The lowest BCUT2D eigenvalue weighted by Crippen LogP contribution is -2.35. The van der Waals surface area contributed by atoms with Crippen LogP contribution in [0.3, 0.4) is 0 Å². The number of methoxy groups -OCH3 is 2. The minimum Gasteiger partial charge on any atom is -0.493 e. The number of ether oxygens (including phenoxy) is 2. The number of anilines is 1. The van der Waals surface area contributed by atoms with Crippen molar-refractivity contribution in [2.75, 3.05) is 33.1 Å². The summed E-state index contributed by atoms with van der Waals surface area (Å²) in [5, 5.41) is 5.56. The third-order valence-electron chi connectivity index (χ3n) is 5.52. The second-order valence-electron chi connectivity index (χ2n) is 7.98. The van der Waals surface area contributed by atoms with Gasteiger partial charge in [0.05, 0.1) is 43.0 Å². The lowest BCUT2D eigenvalue weighted by molar-refractivity contribution is -0.116. The molecular weight excluding hydrogens is 482 g/mol. The second kappa shape index (κ2) is 11.7. The number of carbonyl (C=O) groups excluding carboxylic acids is 2. The Kier molecular flexibility index (Phi) is 8.68. The van der Waals surface area contributed by atoms with Gasteiger partial charge in [-0.15, -0.1) is 0 Å². The molecule has 3 aromatic rings. The van der Waals surface area contributed by atoms with E-state index in [1.807, 2.05) is 37.3 Å². The van der Waals surface area contributed by atoms with Crippen molar-refractivity contribution in [3.8, 4) is 11.5 Å². The maximum Gasteiger partial charge on any atom is 0.253 e. The fourth-order valence-corrected chi connectivity index (χ4v) is 4.67. The second-order valence-corrected chi connectivity index (χ2v) is 10.0. The summed E-state index contributed by atoms with van der Waals surface area (Å²) < 4.78 is 37.3. The van der Waals surface area contributed by atoms with Gasteiger partial charge in [0, 0.05) is 13.1 Å². The topological polar surface area (TPSA) is 114 Å². The van der Waals surface area contributed by atoms with E-state index in [1.54, 1.807) is 24.3 Å². The first-order chi connectivity index (χ1) is 17.2. The van der Waals surface area contributed by atoms with E-state index >= 15 is 0 Å². The highest BCUT2D eigenvalue weighted by atomic mass is 32.2. The van der Waals surface area contributed by atoms with E-state index in [9.17, 15) is 18.0 Å². The number of amides is 2. The minimum absolute atomic E-state index is 0.0508. The summed E-state index contributed by atoms with van der Waals surface area (Å²) in [7, 11) is 0.148. The number of carbonyl (C=O) groups is 2. The predicted octanol–water partition coefficient (Wildman–Crippen LogP) is 3.45. The zero-order valence-corrected chi connectivity index (χ0v) is 21.3. The van der Waals surface area contributed by atoms with E-state index in [2.05, 4.69) is 10.6 Å². The Bertz CT molecular complexity index is 1330. The number of para-hydroxylation sites is 1. The first kappa shape index (κ1) is 26.7. The number of hydrogen-bond donors (Lipinski definition) is 2. The molecule has 10 heteroatoms. The van der Waals surface area contributed by atoms with Gasteiger partial charge in [-0.1, -0.05) is 42.5 Å². The monoisotopic (exact) mass is 511 g/mol. The van der Waals surface area contributed by atoms with Crippen LogP contribution in [0, 0.1) is 0 Å². The first-order valence-corrected chi connectivity index (χ1v) is 12.5. The molecule has 0 aliphatic carbocycles. The van der Waals surface area contributed by atoms with Gasteiger partial charge in [0.2, 0.25) is 15.9 Å². The Morgan fingerprint density at radius 2 is 1.56 bits per heavy atom. The normalized spacial score (nSPS) is 12.0. The summed E-state index contributed by atoms with van der Waals surface area (Å²) in [5.41, 5.74) is 1.48. The summed E-state index contributed by atoms with van der Waals surface area (Å²) in [6, 6.07) is 20.0. The molecule has 3 aromatic carbocycles. The zero-order valence-electron chi connectivity index (χ0n) is 20.5. The maximum atomic E-state index is 13.0. The summed E-state index contributed by atoms with van der Waals surface area (Å²) in [5.74, 6) is -0.333. The van der Waals surface area contributed by atoms with Gasteiger partial charge >= 0.3 is 0 Å². The molecule has 0 aromatic heterocycles. The molecule has 0 saturated carbocycles. The summed E-state index contributed by atoms with van der Waals surface area (Å²) in [4.78, 5) is 25.6. The van der Waals surface area contributed by atoms with E-state index in [1.165, 1.54) is 39.5 Å². The van der Waals surface area contributed by atoms with Crippen molar-refractivity contribution in [1.29, 1.82) is 0 Å². The number of likely N-dealkylation sites (N-methyl/N-ethyl adjacent to an activating group) is 1. The first-order valence-electron chi connectivity index (χ1n) is 11.1. The molecule has 190 valence electrons. The van der Waals surface area contributed by atoms with Gasteiger partial charge in [0.25, 0.3) is 5.91 Å². The van der Waals surface area contributed by atoms with Gasteiger partial charge < -0.3 is 20.1 Å². The number of hydrogen-bond acceptors (Lipinski definition) is 6. The van der Waals surface area contributed by atoms with Crippen LogP contribution in [0.15, 0.2) is 77.7 Å². The molecule has 2 amide bonds. The lowest BCUT2D eigenvalue weighted by Gasteiger charge is -2.19. The van der Waals surface area contributed by atoms with Crippen LogP contribution < -0.4 is 20.1 Å². The van der Waals surface area contributed by atoms with Gasteiger partial charge in [-0.3, -0.25) is 9.59 Å². The van der Waals surface area contributed by atoms with E-state index in [0.29, 0.717) is 5.75 Å². The number of nitrogens with one attached hydrogen (secondary N) is 2. The average Bonchev–Trinajstić information content (AvgIpc) is 2.88. The van der Waals surface area contributed by atoms with Crippen molar-refractivity contribution < 1.29 is 27.5 Å². The third kappa shape index (κ3) is 6.21. The van der Waals surface area contributed by atoms with Crippen LogP contribution in [0.1, 0.15) is 28.9 Å². The highest BCUT2D eigenvalue weighted by Gasteiger charge is 2.25. The van der Waals surface area contributed by atoms with Crippen LogP contribution in [0.5, 0.6) is 11.5 Å². The van der Waals surface area contributed by atoms with Crippen LogP contribution in [0.2, 0.25) is 0 Å². The van der Waals surface area contributed by atoms with Gasteiger partial charge in [-0.05, 0) is 36.8 Å². The lowest BCUT2D eigenvalue weighted by atomic mass is 10.1. The van der Waals surface area contributed by atoms with Crippen molar-refractivity contribution >= 4 is 27.5 Å². The molecule has 0 bridgehead atoms. The highest BCUT2D eigenvalue weighted by Crippen LogP contribution is 2.30. The minimum atomic E-state index is -4.00. The molecule has 0 fully saturated rings. The molecule has 0 heterocycles. The van der Waals surface area contributed by atoms with Crippen molar-refractivity contribution in [2.24, 2.45) is 0 Å². The Hall–Kier alpha value is -3.89. The third-order valence-corrected chi connectivity index (χ3v) is 7.32. The maximum absolute atomic E-state index is 13.0. The summed E-state index contributed by atoms with van der Waals surface area (Å²) in [6.45, 7) is 1.40. The van der Waals surface area contributed by atoms with Crippen LogP contribution in [0.25, 0.3) is 0 Å². The molecule has 0 aliphatic rings. The standard InChI is InChI=1S/C26H29N3O6S/c1-18(19-10-6-5-7-11-19)27-26(31)21-12-8-9-13-22(21)28-25(30)17-29(2)36(32,33)20-14-15-23(34-3)24(16-20)35-4/h5-16,18H,17H2,1-4H3,(H,27,31)(H,28,30)/t18-/m0/s1.